The molecule has 0 bridgehead atoms. The van der Waals surface area contributed by atoms with Crippen LogP contribution in [0.25, 0.3) is 0 Å². The van der Waals surface area contributed by atoms with Crippen molar-refractivity contribution in [3.63, 3.8) is 0 Å². The Morgan fingerprint density at radius 2 is 0.479 bits per heavy atom. The number of hydrogen-bond donors (Lipinski definition) is 3. The summed E-state index contributed by atoms with van der Waals surface area (Å²) in [5.41, 5.74) is 0. The van der Waals surface area contributed by atoms with Crippen LogP contribution in [0.4, 0.5) is 0 Å². The summed E-state index contributed by atoms with van der Waals surface area (Å²) in [5, 5.41) is 10.6. The molecular weight excluding hydrogens is 1260 g/mol. The van der Waals surface area contributed by atoms with E-state index in [2.05, 4.69) is 41.5 Å². The minimum Gasteiger partial charge on any atom is -0.462 e. The molecule has 0 spiro atoms. The Bertz CT molecular complexity index is 1860. The molecule has 0 aromatic carbocycles. The van der Waals surface area contributed by atoms with Gasteiger partial charge in [0.2, 0.25) is 0 Å². The molecular formula is C77H150O17P2. The van der Waals surface area contributed by atoms with Crippen molar-refractivity contribution in [3.05, 3.63) is 0 Å². The number of phosphoric acid groups is 2. The van der Waals surface area contributed by atoms with Gasteiger partial charge in [-0.2, -0.15) is 0 Å². The van der Waals surface area contributed by atoms with Crippen LogP contribution in [0.3, 0.4) is 0 Å². The maximum absolute atomic E-state index is 13.1. The maximum Gasteiger partial charge on any atom is 0.472 e. The van der Waals surface area contributed by atoms with Crippen molar-refractivity contribution in [2.24, 2.45) is 11.8 Å². The quantitative estimate of drug-likeness (QED) is 0.0222. The SMILES string of the molecule is CCCCCCCCCCCCCCCCCCC(=O)OC[C@H](COP(=O)(O)OC[C@@H](O)COP(=O)(O)OC[C@@H](COC(=O)CCCCCCCCC)OC(=O)CCCCCCCCCCCC(C)C)OC(=O)CCCCCCCCCCCCCCCCCCCCC(C)C. The number of aliphatic hydroxyl groups excluding tert-OH is 1. The molecule has 0 rings (SSSR count). The highest BCUT2D eigenvalue weighted by atomic mass is 31.2. The lowest BCUT2D eigenvalue weighted by atomic mass is 10.0. The molecule has 0 aliphatic carbocycles. The third-order valence-electron chi connectivity index (χ3n) is 18.0. The van der Waals surface area contributed by atoms with Crippen LogP contribution in [-0.4, -0.2) is 96.7 Å². The largest absolute Gasteiger partial charge is 0.472 e. The molecule has 3 N–H and O–H groups in total. The van der Waals surface area contributed by atoms with E-state index in [9.17, 15) is 43.2 Å². The van der Waals surface area contributed by atoms with Gasteiger partial charge in [0.1, 0.15) is 19.3 Å². The van der Waals surface area contributed by atoms with Crippen LogP contribution in [0.1, 0.15) is 401 Å². The summed E-state index contributed by atoms with van der Waals surface area (Å²) in [4.78, 5) is 72.7. The number of phosphoric ester groups is 2. The number of carbonyl (C=O) groups excluding carboxylic acids is 4. The van der Waals surface area contributed by atoms with Crippen molar-refractivity contribution in [2.75, 3.05) is 39.6 Å². The molecule has 0 heterocycles. The van der Waals surface area contributed by atoms with Gasteiger partial charge < -0.3 is 33.8 Å². The van der Waals surface area contributed by atoms with Crippen molar-refractivity contribution in [2.45, 2.75) is 419 Å². The second-order valence-corrected chi connectivity index (χ2v) is 31.6. The smallest absolute Gasteiger partial charge is 0.462 e. The maximum atomic E-state index is 13.1. The predicted octanol–water partition coefficient (Wildman–Crippen LogP) is 22.7. The van der Waals surface area contributed by atoms with Gasteiger partial charge in [-0.1, -0.05) is 350 Å². The zero-order valence-corrected chi connectivity index (χ0v) is 64.5. The topological polar surface area (TPSA) is 237 Å². The summed E-state index contributed by atoms with van der Waals surface area (Å²) in [6.45, 7) is 9.57. The Labute approximate surface area is 588 Å². The molecule has 570 valence electrons. The van der Waals surface area contributed by atoms with E-state index in [-0.39, 0.29) is 25.7 Å². The molecule has 19 heteroatoms. The van der Waals surface area contributed by atoms with Gasteiger partial charge in [-0.25, -0.2) is 9.13 Å². The standard InChI is InChI=1S/C77H150O17P2/c1-7-9-11-13-15-16-17-18-19-25-28-31-36-42-48-54-60-75(80)88-66-73(94-76(81)61-55-49-43-37-32-29-26-23-21-20-22-24-27-30-34-40-45-51-57-69(3)4)68-92-96(85,86)90-64-71(78)63-89-95(83,84)91-67-72(65-87-74(79)59-53-47-39-14-12-10-8-2)93-77(82)62-56-50-44-38-33-35-41-46-52-58-70(5)6/h69-73,78H,7-68H2,1-6H3,(H,83,84)(H,85,86)/t71-,72+,73+/m0/s1. The lowest BCUT2D eigenvalue weighted by molar-refractivity contribution is -0.161. The van der Waals surface area contributed by atoms with Gasteiger partial charge in [0, 0.05) is 25.7 Å². The van der Waals surface area contributed by atoms with Crippen molar-refractivity contribution in [1.29, 1.82) is 0 Å². The second-order valence-electron chi connectivity index (χ2n) is 28.7. The first-order valence-corrected chi connectivity index (χ1v) is 43.0. The van der Waals surface area contributed by atoms with E-state index in [1.54, 1.807) is 0 Å². The van der Waals surface area contributed by atoms with Crippen molar-refractivity contribution in [1.82, 2.24) is 0 Å². The summed E-state index contributed by atoms with van der Waals surface area (Å²) in [5.74, 6) is -0.562. The van der Waals surface area contributed by atoms with Crippen molar-refractivity contribution < 1.29 is 80.2 Å². The number of esters is 4. The first kappa shape index (κ1) is 94.1. The van der Waals surface area contributed by atoms with E-state index < -0.39 is 97.5 Å². The van der Waals surface area contributed by atoms with E-state index >= 15 is 0 Å². The lowest BCUT2D eigenvalue weighted by Crippen LogP contribution is -2.30. The first-order chi connectivity index (χ1) is 46.4. The van der Waals surface area contributed by atoms with Crippen LogP contribution in [0, 0.1) is 11.8 Å². The summed E-state index contributed by atoms with van der Waals surface area (Å²) in [6.07, 6.45) is 57.1. The van der Waals surface area contributed by atoms with Crippen LogP contribution in [0.15, 0.2) is 0 Å². The highest BCUT2D eigenvalue weighted by molar-refractivity contribution is 7.47. The average molecular weight is 1410 g/mol. The molecule has 2 unspecified atom stereocenters. The van der Waals surface area contributed by atoms with E-state index in [0.717, 1.165) is 115 Å². The molecule has 0 saturated heterocycles. The van der Waals surface area contributed by atoms with E-state index in [4.69, 9.17) is 37.0 Å². The Morgan fingerprint density at radius 3 is 0.708 bits per heavy atom. The van der Waals surface area contributed by atoms with E-state index in [1.165, 1.54) is 205 Å². The Kier molecular flexibility index (Phi) is 67.4. The number of carbonyl (C=O) groups is 4. The van der Waals surface area contributed by atoms with Gasteiger partial charge in [0.15, 0.2) is 12.2 Å². The molecule has 0 fully saturated rings. The molecule has 0 aromatic heterocycles. The van der Waals surface area contributed by atoms with Gasteiger partial charge in [-0.05, 0) is 37.5 Å². The Morgan fingerprint density at radius 1 is 0.281 bits per heavy atom. The van der Waals surface area contributed by atoms with E-state index in [0.29, 0.717) is 25.7 Å². The Hall–Kier alpha value is -1.94. The van der Waals surface area contributed by atoms with Crippen LogP contribution in [0.2, 0.25) is 0 Å². The molecule has 96 heavy (non-hydrogen) atoms. The Balaban J connectivity index is 5.17. The minimum absolute atomic E-state index is 0.105. The summed E-state index contributed by atoms with van der Waals surface area (Å²) in [6, 6.07) is 0. The third kappa shape index (κ3) is 70.5. The normalized spacial score (nSPS) is 14.0. The van der Waals surface area contributed by atoms with Gasteiger partial charge in [-0.3, -0.25) is 37.3 Å². The number of unbranched alkanes of at least 4 members (excludes halogenated alkanes) is 46. The molecule has 0 aliphatic heterocycles. The van der Waals surface area contributed by atoms with Crippen LogP contribution >= 0.6 is 15.6 Å². The minimum atomic E-state index is -4.96. The fourth-order valence-corrected chi connectivity index (χ4v) is 13.4. The molecule has 0 amide bonds. The number of rotatable bonds is 76. The number of hydrogen-bond acceptors (Lipinski definition) is 15. The predicted molar refractivity (Wildman–Crippen MR) is 391 cm³/mol. The van der Waals surface area contributed by atoms with Crippen LogP contribution in [-0.2, 0) is 65.4 Å². The molecule has 0 aromatic rings. The van der Waals surface area contributed by atoms with Crippen LogP contribution < -0.4 is 0 Å². The molecule has 0 saturated carbocycles. The van der Waals surface area contributed by atoms with Gasteiger partial charge >= 0.3 is 39.5 Å². The first-order valence-electron chi connectivity index (χ1n) is 40.0. The summed E-state index contributed by atoms with van der Waals surface area (Å²) < 4.78 is 68.4. The zero-order valence-electron chi connectivity index (χ0n) is 62.7. The third-order valence-corrected chi connectivity index (χ3v) is 19.9. The van der Waals surface area contributed by atoms with E-state index in [1.807, 2.05) is 0 Å². The fourth-order valence-electron chi connectivity index (χ4n) is 11.8. The number of aliphatic hydroxyl groups is 1. The summed E-state index contributed by atoms with van der Waals surface area (Å²) in [7, 11) is -9.91. The zero-order chi connectivity index (χ0) is 70.7. The summed E-state index contributed by atoms with van der Waals surface area (Å²) >= 11 is 0. The number of ether oxygens (including phenoxy) is 4. The monoisotopic (exact) mass is 1410 g/mol. The van der Waals surface area contributed by atoms with Crippen molar-refractivity contribution in [3.8, 4) is 0 Å². The average Bonchev–Trinajstić information content (AvgIpc) is 1.78. The molecule has 17 nitrogen and oxygen atoms in total. The molecule has 0 radical (unpaired) electrons. The van der Waals surface area contributed by atoms with Crippen molar-refractivity contribution >= 4 is 39.5 Å². The lowest BCUT2D eigenvalue weighted by Gasteiger charge is -2.21. The van der Waals surface area contributed by atoms with Crippen LogP contribution in [0.5, 0.6) is 0 Å². The van der Waals surface area contributed by atoms with Gasteiger partial charge in [-0.15, -0.1) is 0 Å². The molecule has 5 atom stereocenters. The highest BCUT2D eigenvalue weighted by Crippen LogP contribution is 2.45. The molecule has 0 aliphatic rings. The van der Waals surface area contributed by atoms with Gasteiger partial charge in [0.25, 0.3) is 0 Å². The highest BCUT2D eigenvalue weighted by Gasteiger charge is 2.30. The fraction of sp³-hybridized carbons (Fsp3) is 0.948. The second kappa shape index (κ2) is 68.8. The van der Waals surface area contributed by atoms with Gasteiger partial charge in [0.05, 0.1) is 26.4 Å².